The molecule has 100 valence electrons. The molecule has 0 unspecified atom stereocenters. The Kier molecular flexibility index (Phi) is 2.73. The summed E-state index contributed by atoms with van der Waals surface area (Å²) in [7, 11) is 0. The van der Waals surface area contributed by atoms with Gasteiger partial charge in [0.15, 0.2) is 11.5 Å². The number of hydrogen-bond acceptors (Lipinski definition) is 3. The van der Waals surface area contributed by atoms with Crippen LogP contribution in [-0.2, 0) is 6.42 Å². The van der Waals surface area contributed by atoms with E-state index in [1.54, 1.807) is 0 Å². The van der Waals surface area contributed by atoms with Gasteiger partial charge in [-0.25, -0.2) is 0 Å². The molecule has 0 radical (unpaired) electrons. The molecular weight excluding hydrogens is 316 g/mol. The zero-order valence-corrected chi connectivity index (χ0v) is 12.4. The van der Waals surface area contributed by atoms with Crippen LogP contribution < -0.4 is 5.32 Å². The van der Waals surface area contributed by atoms with Gasteiger partial charge in [-0.1, -0.05) is 0 Å². The summed E-state index contributed by atoms with van der Waals surface area (Å²) in [6.45, 7) is 1.06. The fourth-order valence-electron chi connectivity index (χ4n) is 2.68. The van der Waals surface area contributed by atoms with Gasteiger partial charge in [0.1, 0.15) is 0 Å². The molecule has 3 aromatic rings. The van der Waals surface area contributed by atoms with Crippen molar-refractivity contribution in [1.82, 2.24) is 14.6 Å². The van der Waals surface area contributed by atoms with Gasteiger partial charge in [0.05, 0.1) is 0 Å². The van der Waals surface area contributed by atoms with E-state index in [1.807, 2.05) is 22.7 Å². The summed E-state index contributed by atoms with van der Waals surface area (Å²) < 4.78 is 3.04. The van der Waals surface area contributed by atoms with E-state index in [9.17, 15) is 0 Å². The van der Waals surface area contributed by atoms with Gasteiger partial charge in [-0.05, 0) is 64.7 Å². The Hall–Kier alpha value is -1.88. The molecule has 4 rings (SSSR count). The average Bonchev–Trinajstić information content (AvgIpc) is 2.89. The van der Waals surface area contributed by atoms with Crippen LogP contribution in [0.15, 0.2) is 41.0 Å². The first-order valence-corrected chi connectivity index (χ1v) is 7.48. The summed E-state index contributed by atoms with van der Waals surface area (Å²) in [6.07, 6.45) is 4.31. The quantitative estimate of drug-likeness (QED) is 0.743. The van der Waals surface area contributed by atoms with E-state index in [2.05, 4.69) is 49.6 Å². The molecule has 1 aliphatic rings. The fourth-order valence-corrected chi connectivity index (χ4v) is 3.01. The van der Waals surface area contributed by atoms with E-state index in [-0.39, 0.29) is 0 Å². The van der Waals surface area contributed by atoms with Crippen LogP contribution in [0.5, 0.6) is 0 Å². The zero-order valence-electron chi connectivity index (χ0n) is 10.8. The van der Waals surface area contributed by atoms with Gasteiger partial charge in [0.2, 0.25) is 0 Å². The van der Waals surface area contributed by atoms with E-state index in [4.69, 9.17) is 0 Å². The van der Waals surface area contributed by atoms with Crippen molar-refractivity contribution in [2.24, 2.45) is 0 Å². The number of anilines is 1. The van der Waals surface area contributed by atoms with Crippen LogP contribution in [0.1, 0.15) is 12.0 Å². The molecule has 3 heterocycles. The number of benzene rings is 1. The van der Waals surface area contributed by atoms with E-state index in [0.29, 0.717) is 0 Å². The van der Waals surface area contributed by atoms with Gasteiger partial charge >= 0.3 is 0 Å². The number of aryl methyl sites for hydroxylation is 1. The maximum Gasteiger partial charge on any atom is 0.168 e. The molecule has 1 aromatic carbocycles. The van der Waals surface area contributed by atoms with E-state index in [1.165, 1.54) is 17.7 Å². The maximum atomic E-state index is 4.33. The highest BCUT2D eigenvalue weighted by molar-refractivity contribution is 9.10. The molecule has 0 aliphatic carbocycles. The third kappa shape index (κ3) is 1.89. The lowest BCUT2D eigenvalue weighted by atomic mass is 10.0. The van der Waals surface area contributed by atoms with Gasteiger partial charge in [0, 0.05) is 28.5 Å². The Morgan fingerprint density at radius 3 is 3.05 bits per heavy atom. The predicted molar refractivity (Wildman–Crippen MR) is 82.9 cm³/mol. The van der Waals surface area contributed by atoms with Gasteiger partial charge in [-0.15, -0.1) is 10.2 Å². The van der Waals surface area contributed by atoms with Crippen molar-refractivity contribution >= 4 is 27.3 Å². The SMILES string of the molecule is Brc1ccc2nnc(-c3ccc4c(c3)CCCN4)n2c1. The third-order valence-corrected chi connectivity index (χ3v) is 4.14. The summed E-state index contributed by atoms with van der Waals surface area (Å²) in [5.74, 6) is 0.884. The average molecular weight is 329 g/mol. The minimum absolute atomic E-state index is 0.860. The Balaban J connectivity index is 1.88. The lowest BCUT2D eigenvalue weighted by Crippen LogP contribution is -2.11. The first-order chi connectivity index (χ1) is 9.81. The van der Waals surface area contributed by atoms with Crippen LogP contribution in [0, 0.1) is 0 Å². The van der Waals surface area contributed by atoms with Gasteiger partial charge in [-0.2, -0.15) is 0 Å². The number of nitrogens with zero attached hydrogens (tertiary/aromatic N) is 3. The smallest absolute Gasteiger partial charge is 0.168 e. The highest BCUT2D eigenvalue weighted by Gasteiger charge is 2.13. The normalized spacial score (nSPS) is 14.1. The fraction of sp³-hybridized carbons (Fsp3) is 0.200. The largest absolute Gasteiger partial charge is 0.385 e. The van der Waals surface area contributed by atoms with Crippen molar-refractivity contribution in [3.05, 3.63) is 46.6 Å². The third-order valence-electron chi connectivity index (χ3n) is 3.67. The summed E-state index contributed by atoms with van der Waals surface area (Å²) in [5, 5.41) is 12.0. The van der Waals surface area contributed by atoms with Gasteiger partial charge in [0.25, 0.3) is 0 Å². The molecule has 1 N–H and O–H groups in total. The van der Waals surface area contributed by atoms with Crippen molar-refractivity contribution in [3.63, 3.8) is 0 Å². The van der Waals surface area contributed by atoms with Crippen molar-refractivity contribution in [3.8, 4) is 11.4 Å². The van der Waals surface area contributed by atoms with Gasteiger partial charge < -0.3 is 5.32 Å². The van der Waals surface area contributed by atoms with Crippen molar-refractivity contribution < 1.29 is 0 Å². The maximum absolute atomic E-state index is 4.33. The minimum atomic E-state index is 0.860. The van der Waals surface area contributed by atoms with Crippen molar-refractivity contribution in [1.29, 1.82) is 0 Å². The number of pyridine rings is 1. The Labute approximate surface area is 125 Å². The molecule has 5 heteroatoms. The number of nitrogens with one attached hydrogen (secondary N) is 1. The zero-order chi connectivity index (χ0) is 13.5. The summed E-state index contributed by atoms with van der Waals surface area (Å²) in [4.78, 5) is 0. The number of fused-ring (bicyclic) bond motifs is 2. The molecule has 0 saturated carbocycles. The van der Waals surface area contributed by atoms with E-state index < -0.39 is 0 Å². The highest BCUT2D eigenvalue weighted by atomic mass is 79.9. The lowest BCUT2D eigenvalue weighted by Gasteiger charge is -2.18. The minimum Gasteiger partial charge on any atom is -0.385 e. The molecule has 0 fully saturated rings. The first-order valence-electron chi connectivity index (χ1n) is 6.69. The molecule has 0 saturated heterocycles. The highest BCUT2D eigenvalue weighted by Crippen LogP contribution is 2.28. The molecular formula is C15H13BrN4. The Bertz CT molecular complexity index is 794. The van der Waals surface area contributed by atoms with Crippen LogP contribution in [-0.4, -0.2) is 21.1 Å². The lowest BCUT2D eigenvalue weighted by molar-refractivity contribution is 0.830. The number of hydrogen-bond donors (Lipinski definition) is 1. The van der Waals surface area contributed by atoms with E-state index >= 15 is 0 Å². The Morgan fingerprint density at radius 2 is 2.10 bits per heavy atom. The second-order valence-electron chi connectivity index (χ2n) is 5.00. The molecule has 0 bridgehead atoms. The van der Waals surface area contributed by atoms with E-state index in [0.717, 1.165) is 34.5 Å². The molecule has 2 aromatic heterocycles. The molecule has 1 aliphatic heterocycles. The number of aromatic nitrogens is 3. The number of halogens is 1. The molecule has 0 spiro atoms. The van der Waals surface area contributed by atoms with Crippen LogP contribution in [0.4, 0.5) is 5.69 Å². The first kappa shape index (κ1) is 11.9. The van der Waals surface area contributed by atoms with Crippen LogP contribution in [0.3, 0.4) is 0 Å². The predicted octanol–water partition coefficient (Wildman–Crippen LogP) is 3.52. The molecule has 0 atom stereocenters. The standard InChI is InChI=1S/C15H13BrN4/c16-12-4-6-14-18-19-15(20(14)9-12)11-3-5-13-10(8-11)2-1-7-17-13/h3-6,8-9,17H,1-2,7H2. The van der Waals surface area contributed by atoms with Crippen molar-refractivity contribution in [2.45, 2.75) is 12.8 Å². The Morgan fingerprint density at radius 1 is 1.15 bits per heavy atom. The van der Waals surface area contributed by atoms with Crippen LogP contribution >= 0.6 is 15.9 Å². The number of rotatable bonds is 1. The summed E-state index contributed by atoms with van der Waals surface area (Å²) in [5.41, 5.74) is 4.58. The summed E-state index contributed by atoms with van der Waals surface area (Å²) in [6, 6.07) is 10.4. The van der Waals surface area contributed by atoms with Crippen molar-refractivity contribution in [2.75, 3.05) is 11.9 Å². The second-order valence-corrected chi connectivity index (χ2v) is 5.92. The van der Waals surface area contributed by atoms with Crippen LogP contribution in [0.2, 0.25) is 0 Å². The van der Waals surface area contributed by atoms with Gasteiger partial charge in [-0.3, -0.25) is 4.40 Å². The monoisotopic (exact) mass is 328 g/mol. The molecule has 20 heavy (non-hydrogen) atoms. The molecule has 0 amide bonds. The summed E-state index contributed by atoms with van der Waals surface area (Å²) >= 11 is 3.50. The van der Waals surface area contributed by atoms with Crippen LogP contribution in [0.25, 0.3) is 17.0 Å². The molecule has 4 nitrogen and oxygen atoms in total. The topological polar surface area (TPSA) is 42.2 Å². The second kappa shape index (κ2) is 4.59.